The standard InChI is InChI=1S/C30H36F2N2O3Si/c1-21-18-34(19-22(2)37-21)29-24(16-23(17-33-35)27(31)28(29)32)20-36-38(30(3,4)5,25-12-8-6-9-13-25)26-14-10-7-11-15-26/h6-17,21-22,35H,18-20H2,1-5H3/b33-17-/t21-,22+. The maximum atomic E-state index is 15.7. The smallest absolute Gasteiger partial charge is 0.261 e. The number of hydrogen-bond acceptors (Lipinski definition) is 5. The molecular formula is C30H36F2N2O3Si. The van der Waals surface area contributed by atoms with Crippen LogP contribution in [-0.2, 0) is 15.8 Å². The lowest BCUT2D eigenvalue weighted by Gasteiger charge is -2.43. The first-order valence-electron chi connectivity index (χ1n) is 12.9. The van der Waals surface area contributed by atoms with Crippen molar-refractivity contribution < 1.29 is 23.2 Å². The molecule has 0 unspecified atom stereocenters. The summed E-state index contributed by atoms with van der Waals surface area (Å²) < 4.78 is 43.7. The molecule has 0 radical (unpaired) electrons. The van der Waals surface area contributed by atoms with Crippen molar-refractivity contribution in [2.75, 3.05) is 18.0 Å². The first-order chi connectivity index (χ1) is 18.1. The molecule has 8 heteroatoms. The lowest BCUT2D eigenvalue weighted by atomic mass is 10.1. The van der Waals surface area contributed by atoms with Crippen molar-refractivity contribution in [3.05, 3.63) is 89.5 Å². The van der Waals surface area contributed by atoms with E-state index in [1.807, 2.05) is 55.1 Å². The molecule has 202 valence electrons. The summed E-state index contributed by atoms with van der Waals surface area (Å²) in [5, 5.41) is 14.0. The van der Waals surface area contributed by atoms with Crippen molar-refractivity contribution in [3.8, 4) is 0 Å². The van der Waals surface area contributed by atoms with Gasteiger partial charge in [0.1, 0.15) is 0 Å². The molecule has 3 aromatic carbocycles. The van der Waals surface area contributed by atoms with Crippen LogP contribution in [0.15, 0.2) is 71.9 Å². The Hall–Kier alpha value is -3.07. The van der Waals surface area contributed by atoms with Crippen LogP contribution < -0.4 is 15.3 Å². The van der Waals surface area contributed by atoms with Gasteiger partial charge in [-0.2, -0.15) is 0 Å². The topological polar surface area (TPSA) is 54.3 Å². The number of morpholine rings is 1. The van der Waals surface area contributed by atoms with Crippen LogP contribution in [0.1, 0.15) is 45.7 Å². The van der Waals surface area contributed by atoms with E-state index < -0.39 is 20.0 Å². The molecule has 1 fully saturated rings. The minimum atomic E-state index is -2.94. The molecule has 0 saturated carbocycles. The molecule has 1 heterocycles. The summed E-state index contributed by atoms with van der Waals surface area (Å²) >= 11 is 0. The van der Waals surface area contributed by atoms with Gasteiger partial charge in [-0.05, 0) is 35.3 Å². The first kappa shape index (κ1) is 27.9. The van der Waals surface area contributed by atoms with Crippen molar-refractivity contribution in [2.24, 2.45) is 5.16 Å². The van der Waals surface area contributed by atoms with Crippen LogP contribution in [0.2, 0.25) is 5.04 Å². The van der Waals surface area contributed by atoms with Crippen LogP contribution >= 0.6 is 0 Å². The highest BCUT2D eigenvalue weighted by atomic mass is 28.4. The summed E-state index contributed by atoms with van der Waals surface area (Å²) in [6, 6.07) is 21.9. The predicted molar refractivity (Wildman–Crippen MR) is 150 cm³/mol. The fourth-order valence-electron chi connectivity index (χ4n) is 5.61. The van der Waals surface area contributed by atoms with E-state index in [0.717, 1.165) is 16.6 Å². The zero-order valence-electron chi connectivity index (χ0n) is 22.6. The first-order valence-corrected chi connectivity index (χ1v) is 14.8. The summed E-state index contributed by atoms with van der Waals surface area (Å²) in [6.45, 7) is 11.2. The van der Waals surface area contributed by atoms with Crippen LogP contribution in [0.5, 0.6) is 0 Å². The van der Waals surface area contributed by atoms with Crippen molar-refractivity contribution >= 4 is 30.6 Å². The van der Waals surface area contributed by atoms with Crippen molar-refractivity contribution in [2.45, 2.75) is 58.5 Å². The molecule has 4 rings (SSSR count). The SMILES string of the molecule is C[C@@H]1CN(c2c(CO[Si](c3ccccc3)(c3ccccc3)C(C)(C)C)cc(/C=N\O)c(F)c2F)C[C@H](C)O1. The Morgan fingerprint density at radius 3 is 1.97 bits per heavy atom. The van der Waals surface area contributed by atoms with Crippen LogP contribution in [0.3, 0.4) is 0 Å². The van der Waals surface area contributed by atoms with Crippen LogP contribution in [0, 0.1) is 11.6 Å². The maximum Gasteiger partial charge on any atom is 0.261 e. The number of nitrogens with zero attached hydrogens (tertiary/aromatic N) is 2. The van der Waals surface area contributed by atoms with Gasteiger partial charge in [-0.3, -0.25) is 0 Å². The second-order valence-corrected chi connectivity index (χ2v) is 15.3. The van der Waals surface area contributed by atoms with Crippen molar-refractivity contribution in [1.29, 1.82) is 0 Å². The highest BCUT2D eigenvalue weighted by molar-refractivity contribution is 6.99. The fraction of sp³-hybridized carbons (Fsp3) is 0.367. The molecule has 0 amide bonds. The van der Waals surface area contributed by atoms with Crippen molar-refractivity contribution in [3.63, 3.8) is 0 Å². The maximum absolute atomic E-state index is 15.7. The molecule has 1 N–H and O–H groups in total. The molecule has 0 aromatic heterocycles. The Morgan fingerprint density at radius 1 is 0.974 bits per heavy atom. The molecule has 3 aromatic rings. The van der Waals surface area contributed by atoms with Gasteiger partial charge >= 0.3 is 0 Å². The molecule has 0 spiro atoms. The third-order valence-corrected chi connectivity index (χ3v) is 12.1. The van der Waals surface area contributed by atoms with E-state index in [0.29, 0.717) is 18.7 Å². The van der Waals surface area contributed by atoms with Gasteiger partial charge in [-0.25, -0.2) is 8.78 Å². The summed E-state index contributed by atoms with van der Waals surface area (Å²) in [4.78, 5) is 1.83. The van der Waals surface area contributed by atoms with E-state index in [4.69, 9.17) is 14.4 Å². The van der Waals surface area contributed by atoms with Gasteiger partial charge in [0.25, 0.3) is 8.32 Å². The summed E-state index contributed by atoms with van der Waals surface area (Å²) in [6.07, 6.45) is 0.620. The number of benzene rings is 3. The van der Waals surface area contributed by atoms with Gasteiger partial charge in [0.05, 0.1) is 30.7 Å². The molecule has 38 heavy (non-hydrogen) atoms. The Balaban J connectivity index is 1.88. The molecular weight excluding hydrogens is 502 g/mol. The van der Waals surface area contributed by atoms with Gasteiger partial charge in [0.2, 0.25) is 0 Å². The Labute approximate surface area is 224 Å². The normalized spacial score (nSPS) is 18.8. The lowest BCUT2D eigenvalue weighted by Crippen LogP contribution is -2.66. The number of hydrogen-bond donors (Lipinski definition) is 1. The van der Waals surface area contributed by atoms with Gasteiger partial charge < -0.3 is 19.3 Å². The van der Waals surface area contributed by atoms with E-state index in [2.05, 4.69) is 50.2 Å². The van der Waals surface area contributed by atoms with E-state index >= 15 is 8.78 Å². The minimum Gasteiger partial charge on any atom is -0.411 e. The number of halogens is 2. The van der Waals surface area contributed by atoms with Crippen molar-refractivity contribution in [1.82, 2.24) is 0 Å². The molecule has 0 aliphatic carbocycles. The van der Waals surface area contributed by atoms with Gasteiger partial charge in [-0.1, -0.05) is 86.6 Å². The molecule has 1 saturated heterocycles. The molecule has 2 atom stereocenters. The summed E-state index contributed by atoms with van der Waals surface area (Å²) in [5.41, 5.74) is 0.523. The third-order valence-electron chi connectivity index (χ3n) is 7.08. The van der Waals surface area contributed by atoms with E-state index in [1.54, 1.807) is 0 Å². The van der Waals surface area contributed by atoms with Crippen LogP contribution in [0.25, 0.3) is 0 Å². The Bertz CT molecular complexity index is 1220. The van der Waals surface area contributed by atoms with Crippen LogP contribution in [-0.4, -0.2) is 45.0 Å². The predicted octanol–water partition coefficient (Wildman–Crippen LogP) is 5.46. The molecule has 0 bridgehead atoms. The van der Waals surface area contributed by atoms with E-state index in [9.17, 15) is 0 Å². The quantitative estimate of drug-likeness (QED) is 0.188. The Kier molecular flexibility index (Phi) is 8.35. The number of rotatable bonds is 7. The molecule has 5 nitrogen and oxygen atoms in total. The summed E-state index contributed by atoms with van der Waals surface area (Å²) in [5.74, 6) is -2.04. The second-order valence-electron chi connectivity index (χ2n) is 11.0. The van der Waals surface area contributed by atoms with Crippen LogP contribution in [0.4, 0.5) is 14.5 Å². The zero-order chi connectivity index (χ0) is 27.5. The largest absolute Gasteiger partial charge is 0.411 e. The average molecular weight is 539 g/mol. The summed E-state index contributed by atoms with van der Waals surface area (Å²) in [7, 11) is -2.94. The van der Waals surface area contributed by atoms with E-state index in [-0.39, 0.29) is 35.1 Å². The monoisotopic (exact) mass is 538 g/mol. The van der Waals surface area contributed by atoms with Gasteiger partial charge in [0, 0.05) is 24.2 Å². The average Bonchev–Trinajstić information content (AvgIpc) is 2.87. The Morgan fingerprint density at radius 2 is 1.50 bits per heavy atom. The third kappa shape index (κ3) is 5.39. The highest BCUT2D eigenvalue weighted by Crippen LogP contribution is 2.39. The lowest BCUT2D eigenvalue weighted by molar-refractivity contribution is -0.00553. The second kappa shape index (κ2) is 11.4. The number of oxime groups is 1. The van der Waals surface area contributed by atoms with Gasteiger partial charge in [-0.15, -0.1) is 0 Å². The molecule has 1 aliphatic heterocycles. The zero-order valence-corrected chi connectivity index (χ0v) is 23.6. The molecule has 1 aliphatic rings. The highest BCUT2D eigenvalue weighted by Gasteiger charge is 2.50. The number of anilines is 1. The minimum absolute atomic E-state index is 0.0478. The van der Waals surface area contributed by atoms with Gasteiger partial charge in [0.15, 0.2) is 11.6 Å². The fourth-order valence-corrected chi connectivity index (χ4v) is 10.1. The van der Waals surface area contributed by atoms with E-state index in [1.165, 1.54) is 6.07 Å². The number of ether oxygens (including phenoxy) is 1.